The van der Waals surface area contributed by atoms with Crippen LogP contribution in [-0.2, 0) is 0 Å². The smallest absolute Gasteiger partial charge is 0.196 e. The highest BCUT2D eigenvalue weighted by Gasteiger charge is 2.34. The molecule has 0 unspecified atom stereocenters. The highest BCUT2D eigenvalue weighted by Crippen LogP contribution is 2.47. The predicted molar refractivity (Wildman–Crippen MR) is 139 cm³/mol. The van der Waals surface area contributed by atoms with Gasteiger partial charge in [-0.05, 0) is 55.5 Å². The lowest BCUT2D eigenvalue weighted by molar-refractivity contribution is 0.104. The number of hydrogen-bond acceptors (Lipinski definition) is 6. The van der Waals surface area contributed by atoms with Crippen molar-refractivity contribution in [3.05, 3.63) is 65.7 Å². The number of nitrogens with one attached hydrogen (secondary N) is 1. The molecule has 1 aliphatic heterocycles. The van der Waals surface area contributed by atoms with Crippen LogP contribution in [-0.4, -0.2) is 30.6 Å². The number of fused-ring (bicyclic) bond motifs is 2. The van der Waals surface area contributed by atoms with E-state index < -0.39 is 0 Å². The van der Waals surface area contributed by atoms with Crippen LogP contribution in [0.15, 0.2) is 59.1 Å². The van der Waals surface area contributed by atoms with Crippen molar-refractivity contribution in [2.45, 2.75) is 27.2 Å². The Labute approximate surface area is 204 Å². The zero-order valence-corrected chi connectivity index (χ0v) is 20.3. The molecule has 2 atom stereocenters. The van der Waals surface area contributed by atoms with Gasteiger partial charge in [0, 0.05) is 29.9 Å². The van der Waals surface area contributed by atoms with Gasteiger partial charge in [0.2, 0.25) is 0 Å². The minimum Gasteiger partial charge on any atom is -0.494 e. The molecule has 4 aromatic rings. The number of aromatic nitrogens is 1. The Bertz CT molecular complexity index is 1410. The van der Waals surface area contributed by atoms with Crippen molar-refractivity contribution in [3.8, 4) is 17.1 Å². The number of ketones is 1. The third kappa shape index (κ3) is 3.64. The summed E-state index contributed by atoms with van der Waals surface area (Å²) in [5.41, 5.74) is 5.49. The number of hydrogen-bond donors (Lipinski definition) is 1. The quantitative estimate of drug-likeness (QED) is 0.312. The van der Waals surface area contributed by atoms with E-state index in [0.29, 0.717) is 35.3 Å². The fourth-order valence-corrected chi connectivity index (χ4v) is 5.70. The number of piperidine rings is 1. The third-order valence-corrected chi connectivity index (χ3v) is 7.03. The molecule has 0 saturated carbocycles. The second kappa shape index (κ2) is 8.45. The highest BCUT2D eigenvalue weighted by molar-refractivity contribution is 6.28. The summed E-state index contributed by atoms with van der Waals surface area (Å²) in [6, 6.07) is 17.5. The minimum atomic E-state index is -0.0123. The lowest BCUT2D eigenvalue weighted by atomic mass is 9.85. The number of ether oxygens (including phenoxy) is 1. The Kier molecular flexibility index (Phi) is 5.24. The van der Waals surface area contributed by atoms with Crippen LogP contribution in [0.1, 0.15) is 43.1 Å². The summed E-state index contributed by atoms with van der Waals surface area (Å²) < 4.78 is 11.5. The van der Waals surface area contributed by atoms with Gasteiger partial charge in [0.05, 0.1) is 28.9 Å². The molecule has 0 amide bonds. The van der Waals surface area contributed by atoms with Crippen LogP contribution >= 0.6 is 0 Å². The molecule has 2 heterocycles. The van der Waals surface area contributed by atoms with Crippen LogP contribution in [0, 0.1) is 11.8 Å². The van der Waals surface area contributed by atoms with Crippen LogP contribution in [0.2, 0.25) is 0 Å². The Morgan fingerprint density at radius 2 is 1.77 bits per heavy atom. The molecule has 178 valence electrons. The lowest BCUT2D eigenvalue weighted by Gasteiger charge is -2.37. The zero-order valence-electron chi connectivity index (χ0n) is 20.3. The monoisotopic (exact) mass is 467 g/mol. The van der Waals surface area contributed by atoms with Gasteiger partial charge in [-0.1, -0.05) is 43.3 Å². The molecule has 6 rings (SSSR count). The molecule has 35 heavy (non-hydrogen) atoms. The van der Waals surface area contributed by atoms with E-state index in [1.54, 1.807) is 0 Å². The first-order valence-corrected chi connectivity index (χ1v) is 12.4. The maximum atomic E-state index is 13.8. The van der Waals surface area contributed by atoms with Crippen molar-refractivity contribution in [3.63, 3.8) is 0 Å². The van der Waals surface area contributed by atoms with Gasteiger partial charge in [-0.2, -0.15) is 0 Å². The van der Waals surface area contributed by atoms with Gasteiger partial charge in [0.25, 0.3) is 0 Å². The number of rotatable bonds is 5. The number of carbonyl (C=O) groups excluding carboxylic acids is 1. The van der Waals surface area contributed by atoms with Crippen LogP contribution in [0.3, 0.4) is 0 Å². The lowest BCUT2D eigenvalue weighted by Crippen LogP contribution is -2.39. The second-order valence-electron chi connectivity index (χ2n) is 9.86. The number of nitrogens with zero attached hydrogens (tertiary/aromatic N) is 2. The van der Waals surface area contributed by atoms with Crippen LogP contribution < -0.4 is 15.0 Å². The average molecular weight is 468 g/mol. The minimum absolute atomic E-state index is 0.0123. The first-order valence-electron chi connectivity index (χ1n) is 12.4. The maximum Gasteiger partial charge on any atom is 0.196 e. The Morgan fingerprint density at radius 3 is 2.49 bits per heavy atom. The third-order valence-electron chi connectivity index (χ3n) is 7.03. The van der Waals surface area contributed by atoms with Gasteiger partial charge in [-0.15, -0.1) is 0 Å². The molecule has 1 aromatic heterocycles. The Morgan fingerprint density at radius 1 is 1.06 bits per heavy atom. The molecule has 0 bridgehead atoms. The summed E-state index contributed by atoms with van der Waals surface area (Å²) in [6.45, 7) is 9.08. The molecule has 0 radical (unpaired) electrons. The SMILES string of the molecule is CCOc1ccc(Nc2cc(N3C[C@H](C)C[C@H](C)C3)c3noc4c3c2C(=O)c2ccccc2-4)cc1. The van der Waals surface area contributed by atoms with Gasteiger partial charge in [0.15, 0.2) is 11.5 Å². The van der Waals surface area contributed by atoms with E-state index in [1.807, 2.05) is 55.5 Å². The normalized spacial score (nSPS) is 19.1. The first-order chi connectivity index (χ1) is 17.0. The number of carbonyl (C=O) groups is 1. The Balaban J connectivity index is 1.54. The summed E-state index contributed by atoms with van der Waals surface area (Å²) in [6.07, 6.45) is 1.21. The molecule has 1 N–H and O–H groups in total. The average Bonchev–Trinajstić information content (AvgIpc) is 3.29. The fourth-order valence-electron chi connectivity index (χ4n) is 5.70. The van der Waals surface area contributed by atoms with E-state index in [0.717, 1.165) is 52.4 Å². The van der Waals surface area contributed by atoms with Crippen LogP contribution in [0.5, 0.6) is 5.75 Å². The van der Waals surface area contributed by atoms with E-state index in [9.17, 15) is 4.79 Å². The molecule has 3 aromatic carbocycles. The highest BCUT2D eigenvalue weighted by atomic mass is 16.5. The summed E-state index contributed by atoms with van der Waals surface area (Å²) in [4.78, 5) is 16.2. The fraction of sp³-hybridized carbons (Fsp3) is 0.310. The van der Waals surface area contributed by atoms with Crippen molar-refractivity contribution in [2.24, 2.45) is 11.8 Å². The van der Waals surface area contributed by atoms with Crippen molar-refractivity contribution in [1.29, 1.82) is 0 Å². The van der Waals surface area contributed by atoms with Crippen LogP contribution in [0.4, 0.5) is 17.1 Å². The molecule has 6 heteroatoms. The van der Waals surface area contributed by atoms with Crippen molar-refractivity contribution < 1.29 is 14.1 Å². The summed E-state index contributed by atoms with van der Waals surface area (Å²) in [5, 5.41) is 8.84. The maximum absolute atomic E-state index is 13.8. The summed E-state index contributed by atoms with van der Waals surface area (Å²) in [5.74, 6) is 2.63. The van der Waals surface area contributed by atoms with Crippen molar-refractivity contribution in [2.75, 3.05) is 29.9 Å². The van der Waals surface area contributed by atoms with Gasteiger partial charge in [-0.3, -0.25) is 4.79 Å². The van der Waals surface area contributed by atoms with Crippen molar-refractivity contribution >= 4 is 33.7 Å². The molecular formula is C29H29N3O3. The van der Waals surface area contributed by atoms with E-state index >= 15 is 0 Å². The van der Waals surface area contributed by atoms with Crippen LogP contribution in [0.25, 0.3) is 22.2 Å². The van der Waals surface area contributed by atoms with E-state index in [-0.39, 0.29) is 5.78 Å². The molecule has 1 fully saturated rings. The van der Waals surface area contributed by atoms with E-state index in [4.69, 9.17) is 9.26 Å². The summed E-state index contributed by atoms with van der Waals surface area (Å²) >= 11 is 0. The van der Waals surface area contributed by atoms with E-state index in [1.165, 1.54) is 6.42 Å². The van der Waals surface area contributed by atoms with Gasteiger partial charge >= 0.3 is 0 Å². The van der Waals surface area contributed by atoms with E-state index in [2.05, 4.69) is 35.3 Å². The van der Waals surface area contributed by atoms with Gasteiger partial charge in [0.1, 0.15) is 11.3 Å². The number of anilines is 3. The number of benzene rings is 3. The molecule has 1 aliphatic carbocycles. The summed E-state index contributed by atoms with van der Waals surface area (Å²) in [7, 11) is 0. The molecule has 2 aliphatic rings. The second-order valence-corrected chi connectivity index (χ2v) is 9.86. The molecule has 0 spiro atoms. The molecular weight excluding hydrogens is 438 g/mol. The zero-order chi connectivity index (χ0) is 24.1. The topological polar surface area (TPSA) is 67.6 Å². The van der Waals surface area contributed by atoms with Crippen molar-refractivity contribution in [1.82, 2.24) is 5.16 Å². The standard InChI is InChI=1S/C29H29N3O3/c1-4-34-20-11-9-19(10-12-20)30-23-14-24(32-15-17(2)13-18(3)16-32)27-26-25(23)28(33)21-7-5-6-8-22(21)29(26)35-31-27/h5-12,14,17-18,30H,4,13,15-16H2,1-3H3/t17-,18+. The molecule has 6 nitrogen and oxygen atoms in total. The molecule has 1 saturated heterocycles. The predicted octanol–water partition coefficient (Wildman–Crippen LogP) is 6.66. The van der Waals surface area contributed by atoms with Gasteiger partial charge in [-0.25, -0.2) is 0 Å². The van der Waals surface area contributed by atoms with Gasteiger partial charge < -0.3 is 19.5 Å². The first kappa shape index (κ1) is 21.7. The Hall–Kier alpha value is -3.80. The largest absolute Gasteiger partial charge is 0.494 e.